The number of aromatic nitrogens is 1. The number of hydrogen-bond donors (Lipinski definition) is 1. The van der Waals surface area contributed by atoms with Gasteiger partial charge in [-0.3, -0.25) is 0 Å². The highest BCUT2D eigenvalue weighted by Crippen LogP contribution is 2.22. The second-order valence-corrected chi connectivity index (χ2v) is 7.75. The summed E-state index contributed by atoms with van der Waals surface area (Å²) >= 11 is 7.46. The number of sulfonamides is 1. The van der Waals surface area contributed by atoms with Gasteiger partial charge in [-0.05, 0) is 31.7 Å². The molecule has 2 aromatic rings. The van der Waals surface area contributed by atoms with E-state index in [1.807, 2.05) is 12.3 Å². The van der Waals surface area contributed by atoms with Gasteiger partial charge in [0.1, 0.15) is 6.61 Å². The highest BCUT2D eigenvalue weighted by Gasteiger charge is 2.18. The maximum Gasteiger partial charge on any atom is 0.340 e. The van der Waals surface area contributed by atoms with Crippen LogP contribution < -0.4 is 4.72 Å². The lowest BCUT2D eigenvalue weighted by Gasteiger charge is -2.08. The minimum Gasteiger partial charge on any atom is -0.456 e. The van der Waals surface area contributed by atoms with E-state index in [0.29, 0.717) is 5.69 Å². The van der Waals surface area contributed by atoms with Crippen molar-refractivity contribution in [1.29, 1.82) is 0 Å². The number of nitrogens with one attached hydrogen (secondary N) is 1. The summed E-state index contributed by atoms with van der Waals surface area (Å²) in [7, 11) is -2.38. The van der Waals surface area contributed by atoms with Crippen molar-refractivity contribution in [3.05, 3.63) is 44.9 Å². The van der Waals surface area contributed by atoms with Crippen LogP contribution >= 0.6 is 22.9 Å². The largest absolute Gasteiger partial charge is 0.456 e. The van der Waals surface area contributed by atoms with E-state index >= 15 is 0 Å². The van der Waals surface area contributed by atoms with Crippen LogP contribution in [0.5, 0.6) is 0 Å². The second-order valence-electron chi connectivity index (χ2n) is 4.51. The number of ether oxygens (including phenoxy) is 1. The van der Waals surface area contributed by atoms with Crippen LogP contribution in [-0.4, -0.2) is 26.4 Å². The fraction of sp³-hybridized carbons (Fsp3) is 0.286. The first-order valence-corrected chi connectivity index (χ1v) is 9.45. The molecule has 1 heterocycles. The molecule has 0 bridgehead atoms. The van der Waals surface area contributed by atoms with Crippen LogP contribution in [0.2, 0.25) is 5.02 Å². The molecule has 0 unspecified atom stereocenters. The fourth-order valence-corrected chi connectivity index (χ4v) is 3.42. The van der Waals surface area contributed by atoms with Crippen molar-refractivity contribution < 1.29 is 17.9 Å². The Morgan fingerprint density at radius 1 is 1.43 bits per heavy atom. The van der Waals surface area contributed by atoms with Crippen molar-refractivity contribution in [3.8, 4) is 0 Å². The van der Waals surface area contributed by atoms with Crippen LogP contribution in [0.15, 0.2) is 28.5 Å². The molecule has 0 radical (unpaired) electrons. The minimum atomic E-state index is -3.67. The Morgan fingerprint density at radius 2 is 2.17 bits per heavy atom. The van der Waals surface area contributed by atoms with E-state index in [-0.39, 0.29) is 22.1 Å². The smallest absolute Gasteiger partial charge is 0.340 e. The monoisotopic (exact) mass is 374 g/mol. The minimum absolute atomic E-state index is 0.00561. The van der Waals surface area contributed by atoms with E-state index in [1.165, 1.54) is 36.6 Å². The zero-order valence-electron chi connectivity index (χ0n) is 12.5. The Balaban J connectivity index is 2.17. The van der Waals surface area contributed by atoms with Gasteiger partial charge in [0.2, 0.25) is 10.0 Å². The van der Waals surface area contributed by atoms with Gasteiger partial charge in [0.05, 0.1) is 26.2 Å². The molecule has 0 saturated heterocycles. The van der Waals surface area contributed by atoms with Gasteiger partial charge in [-0.15, -0.1) is 11.3 Å². The SMILES string of the molecule is CCc1nc(COC(=O)c2cc(S(=O)(=O)NC)ccc2Cl)cs1. The van der Waals surface area contributed by atoms with Crippen molar-refractivity contribution in [2.45, 2.75) is 24.8 Å². The summed E-state index contributed by atoms with van der Waals surface area (Å²) in [6.07, 6.45) is 0.814. The van der Waals surface area contributed by atoms with Crippen molar-refractivity contribution >= 4 is 38.9 Å². The number of thiazole rings is 1. The van der Waals surface area contributed by atoms with Gasteiger partial charge in [-0.1, -0.05) is 18.5 Å². The van der Waals surface area contributed by atoms with Crippen LogP contribution in [0.3, 0.4) is 0 Å². The standard InChI is InChI=1S/C14H15ClN2O4S2/c1-3-13-17-9(8-22-13)7-21-14(18)11-6-10(4-5-12(11)15)23(19,20)16-2/h4-6,8,16H,3,7H2,1-2H3. The Morgan fingerprint density at radius 3 is 2.78 bits per heavy atom. The van der Waals surface area contributed by atoms with Crippen molar-refractivity contribution in [3.63, 3.8) is 0 Å². The topological polar surface area (TPSA) is 85.4 Å². The van der Waals surface area contributed by atoms with Crippen molar-refractivity contribution in [1.82, 2.24) is 9.71 Å². The predicted molar refractivity (Wildman–Crippen MR) is 88.3 cm³/mol. The van der Waals surface area contributed by atoms with Crippen molar-refractivity contribution in [2.24, 2.45) is 0 Å². The van der Waals surface area contributed by atoms with Crippen molar-refractivity contribution in [2.75, 3.05) is 7.05 Å². The van der Waals surface area contributed by atoms with E-state index in [0.717, 1.165) is 11.4 Å². The zero-order chi connectivity index (χ0) is 17.0. The molecule has 1 N–H and O–H groups in total. The normalized spacial score (nSPS) is 11.4. The number of halogens is 1. The maximum atomic E-state index is 12.1. The molecular formula is C14H15ClN2O4S2. The van der Waals surface area contributed by atoms with Gasteiger partial charge in [0.15, 0.2) is 0 Å². The van der Waals surface area contributed by atoms with E-state index in [2.05, 4.69) is 9.71 Å². The lowest BCUT2D eigenvalue weighted by molar-refractivity contribution is 0.0468. The number of carbonyl (C=O) groups is 1. The summed E-state index contributed by atoms with van der Waals surface area (Å²) in [4.78, 5) is 16.4. The number of aryl methyl sites for hydroxylation is 1. The first-order valence-electron chi connectivity index (χ1n) is 6.71. The molecule has 1 aromatic carbocycles. The molecule has 6 nitrogen and oxygen atoms in total. The fourth-order valence-electron chi connectivity index (χ4n) is 1.74. The highest BCUT2D eigenvalue weighted by atomic mass is 35.5. The molecule has 0 saturated carbocycles. The molecule has 0 spiro atoms. The van der Waals surface area contributed by atoms with E-state index in [4.69, 9.17) is 16.3 Å². The van der Waals surface area contributed by atoms with Gasteiger partial charge < -0.3 is 4.74 Å². The zero-order valence-corrected chi connectivity index (χ0v) is 14.9. The Bertz CT molecular complexity index is 818. The molecule has 0 aliphatic rings. The number of nitrogens with zero attached hydrogens (tertiary/aromatic N) is 1. The summed E-state index contributed by atoms with van der Waals surface area (Å²) in [6, 6.07) is 3.86. The first-order chi connectivity index (χ1) is 10.9. The molecule has 0 atom stereocenters. The van der Waals surface area contributed by atoms with Crippen LogP contribution in [0.1, 0.15) is 28.0 Å². The molecule has 2 rings (SSSR count). The second kappa shape index (κ2) is 7.39. The quantitative estimate of drug-likeness (QED) is 0.785. The summed E-state index contributed by atoms with van der Waals surface area (Å²) in [5.41, 5.74) is 0.643. The molecule has 0 aliphatic heterocycles. The van der Waals surface area contributed by atoms with Gasteiger partial charge in [0.25, 0.3) is 0 Å². The molecule has 9 heteroatoms. The average Bonchev–Trinajstić information content (AvgIpc) is 3.01. The maximum absolute atomic E-state index is 12.1. The summed E-state index contributed by atoms with van der Waals surface area (Å²) in [6.45, 7) is 2.00. The Labute approximate surface area is 143 Å². The van der Waals surface area contributed by atoms with Crippen LogP contribution in [0.4, 0.5) is 0 Å². The third-order valence-corrected chi connectivity index (χ3v) is 5.77. The van der Waals surface area contributed by atoms with Gasteiger partial charge >= 0.3 is 5.97 Å². The Hall–Kier alpha value is -1.48. The van der Waals surface area contributed by atoms with Gasteiger partial charge in [-0.2, -0.15) is 0 Å². The third kappa shape index (κ3) is 4.29. The Kier molecular flexibility index (Phi) is 5.74. The molecule has 124 valence electrons. The molecule has 0 aliphatic carbocycles. The summed E-state index contributed by atoms with van der Waals surface area (Å²) in [5, 5.41) is 2.89. The van der Waals surface area contributed by atoms with Crippen LogP contribution in [0, 0.1) is 0 Å². The van der Waals surface area contributed by atoms with Crippen LogP contribution in [-0.2, 0) is 27.8 Å². The van der Waals surface area contributed by atoms with Crippen LogP contribution in [0.25, 0.3) is 0 Å². The number of hydrogen-bond acceptors (Lipinski definition) is 6. The van der Waals surface area contributed by atoms with Gasteiger partial charge in [-0.25, -0.2) is 22.9 Å². The number of esters is 1. The predicted octanol–water partition coefficient (Wildman–Crippen LogP) is 2.62. The highest BCUT2D eigenvalue weighted by molar-refractivity contribution is 7.89. The average molecular weight is 375 g/mol. The third-order valence-electron chi connectivity index (χ3n) is 2.99. The molecule has 0 fully saturated rings. The van der Waals surface area contributed by atoms with E-state index in [1.54, 1.807) is 0 Å². The molecule has 1 aromatic heterocycles. The molecule has 0 amide bonds. The molecular weight excluding hydrogens is 360 g/mol. The lowest BCUT2D eigenvalue weighted by atomic mass is 10.2. The first kappa shape index (κ1) is 17.9. The van der Waals surface area contributed by atoms with E-state index in [9.17, 15) is 13.2 Å². The number of rotatable bonds is 6. The summed E-state index contributed by atoms with van der Waals surface area (Å²) in [5.74, 6) is -0.700. The molecule has 23 heavy (non-hydrogen) atoms. The van der Waals surface area contributed by atoms with Gasteiger partial charge in [0, 0.05) is 5.38 Å². The van der Waals surface area contributed by atoms with E-state index < -0.39 is 16.0 Å². The lowest BCUT2D eigenvalue weighted by Crippen LogP contribution is -2.19. The number of benzene rings is 1. The number of carbonyl (C=O) groups excluding carboxylic acids is 1. The summed E-state index contributed by atoms with van der Waals surface area (Å²) < 4.78 is 30.9.